The Balaban J connectivity index is 0.00000153. The number of nitrogens with one attached hydrogen (secondary N) is 2. The fourth-order valence-corrected chi connectivity index (χ4v) is 3.46. The smallest absolute Gasteiger partial charge is 0.306 e. The van der Waals surface area contributed by atoms with Crippen molar-refractivity contribution in [2.45, 2.75) is 31.4 Å². The number of carboxylic acid groups (broad SMARTS) is 1. The van der Waals surface area contributed by atoms with Gasteiger partial charge < -0.3 is 30.7 Å². The molecule has 2 atom stereocenters. The Labute approximate surface area is 213 Å². The van der Waals surface area contributed by atoms with Crippen LogP contribution in [0.5, 0.6) is 11.5 Å². The van der Waals surface area contributed by atoms with Crippen molar-refractivity contribution in [1.29, 1.82) is 0 Å². The molecule has 0 aromatic heterocycles. The Morgan fingerprint density at radius 3 is 2.30 bits per heavy atom. The summed E-state index contributed by atoms with van der Waals surface area (Å²) in [5.41, 5.74) is 1.68. The van der Waals surface area contributed by atoms with Crippen molar-refractivity contribution in [2.24, 2.45) is 0 Å². The summed E-state index contributed by atoms with van der Waals surface area (Å²) in [5.74, 6) is -2.80. The fraction of sp³-hybridized carbons (Fsp3) is 0.259. The lowest BCUT2D eigenvalue weighted by Gasteiger charge is -2.19. The maximum absolute atomic E-state index is 14.3. The van der Waals surface area contributed by atoms with Gasteiger partial charge in [0, 0.05) is 18.2 Å². The first-order valence-corrected chi connectivity index (χ1v) is 11.4. The molecule has 37 heavy (non-hydrogen) atoms. The molecule has 198 valence electrons. The molecule has 10 heteroatoms. The Morgan fingerprint density at radius 1 is 1.03 bits per heavy atom. The first kappa shape index (κ1) is 29.2. The SMILES string of the molecule is CC(Cc1ccc(OCC(F)(F)c2ccccc2)cc1)NCC(O)c1ccc(O)c(NC=O)c1.O=CO. The normalized spacial score (nSPS) is 12.4. The van der Waals surface area contributed by atoms with E-state index in [-0.39, 0.29) is 36.1 Å². The molecule has 3 aromatic rings. The van der Waals surface area contributed by atoms with E-state index in [1.54, 1.807) is 36.4 Å². The average molecular weight is 517 g/mol. The van der Waals surface area contributed by atoms with Crippen LogP contribution in [0.4, 0.5) is 14.5 Å². The summed E-state index contributed by atoms with van der Waals surface area (Å²) in [4.78, 5) is 19.0. The number of aliphatic hydroxyl groups excluding tert-OH is 1. The van der Waals surface area contributed by atoms with E-state index in [2.05, 4.69) is 10.6 Å². The maximum Gasteiger partial charge on any atom is 0.306 e. The molecule has 3 rings (SSSR count). The largest absolute Gasteiger partial charge is 0.506 e. The number of halogens is 2. The zero-order valence-corrected chi connectivity index (χ0v) is 20.2. The van der Waals surface area contributed by atoms with Crippen LogP contribution in [0.3, 0.4) is 0 Å². The number of benzene rings is 3. The highest BCUT2D eigenvalue weighted by molar-refractivity contribution is 5.75. The van der Waals surface area contributed by atoms with Crippen LogP contribution in [0.1, 0.15) is 29.7 Å². The average Bonchev–Trinajstić information content (AvgIpc) is 2.89. The number of ether oxygens (including phenoxy) is 1. The summed E-state index contributed by atoms with van der Waals surface area (Å²) in [6, 6.07) is 19.1. The van der Waals surface area contributed by atoms with E-state index in [4.69, 9.17) is 14.6 Å². The molecule has 0 saturated heterocycles. The summed E-state index contributed by atoms with van der Waals surface area (Å²) >= 11 is 0. The number of carbonyl (C=O) groups is 2. The number of carbonyl (C=O) groups excluding carboxylic acids is 1. The minimum Gasteiger partial charge on any atom is -0.506 e. The van der Waals surface area contributed by atoms with E-state index in [1.165, 1.54) is 24.3 Å². The van der Waals surface area contributed by atoms with Crippen molar-refractivity contribution in [3.63, 3.8) is 0 Å². The van der Waals surface area contributed by atoms with Crippen molar-refractivity contribution in [2.75, 3.05) is 18.5 Å². The summed E-state index contributed by atoms with van der Waals surface area (Å²) in [6.07, 6.45) is 0.273. The number of aliphatic hydroxyl groups is 1. The lowest BCUT2D eigenvalue weighted by atomic mass is 10.1. The maximum atomic E-state index is 14.3. The number of hydrogen-bond donors (Lipinski definition) is 5. The number of phenolic OH excluding ortho intramolecular Hbond substituents is 1. The number of alkyl halides is 2. The Bertz CT molecular complexity index is 1110. The molecule has 0 aliphatic rings. The Morgan fingerprint density at radius 2 is 1.68 bits per heavy atom. The van der Waals surface area contributed by atoms with Crippen molar-refractivity contribution in [3.05, 3.63) is 89.5 Å². The van der Waals surface area contributed by atoms with Crippen LogP contribution in [-0.2, 0) is 21.9 Å². The van der Waals surface area contributed by atoms with E-state index in [9.17, 15) is 23.8 Å². The van der Waals surface area contributed by atoms with E-state index < -0.39 is 18.6 Å². The first-order valence-electron chi connectivity index (χ1n) is 11.4. The summed E-state index contributed by atoms with van der Waals surface area (Å²) in [5, 5.41) is 32.6. The third-order valence-corrected chi connectivity index (χ3v) is 5.36. The minimum absolute atomic E-state index is 0.0218. The second-order valence-corrected chi connectivity index (χ2v) is 8.18. The number of phenols is 1. The van der Waals surface area contributed by atoms with Crippen LogP contribution in [0.15, 0.2) is 72.8 Å². The van der Waals surface area contributed by atoms with Gasteiger partial charge in [-0.3, -0.25) is 9.59 Å². The van der Waals surface area contributed by atoms with Gasteiger partial charge in [0.15, 0.2) is 6.61 Å². The van der Waals surface area contributed by atoms with Gasteiger partial charge in [0.25, 0.3) is 6.47 Å². The van der Waals surface area contributed by atoms with E-state index >= 15 is 0 Å². The van der Waals surface area contributed by atoms with Crippen LogP contribution in [0.25, 0.3) is 0 Å². The molecule has 3 aromatic carbocycles. The fourth-order valence-electron chi connectivity index (χ4n) is 3.46. The zero-order valence-electron chi connectivity index (χ0n) is 20.2. The van der Waals surface area contributed by atoms with Crippen molar-refractivity contribution in [3.8, 4) is 11.5 Å². The van der Waals surface area contributed by atoms with Gasteiger partial charge in [0.2, 0.25) is 6.41 Å². The monoisotopic (exact) mass is 516 g/mol. The molecule has 0 bridgehead atoms. The third-order valence-electron chi connectivity index (χ3n) is 5.36. The molecule has 0 aliphatic carbocycles. The van der Waals surface area contributed by atoms with Crippen molar-refractivity contribution in [1.82, 2.24) is 5.32 Å². The molecule has 0 radical (unpaired) electrons. The van der Waals surface area contributed by atoms with Gasteiger partial charge in [-0.05, 0) is 48.7 Å². The molecule has 0 fully saturated rings. The highest BCUT2D eigenvalue weighted by Gasteiger charge is 2.32. The van der Waals surface area contributed by atoms with E-state index in [0.29, 0.717) is 24.1 Å². The minimum atomic E-state index is -3.08. The molecule has 0 aliphatic heterocycles. The van der Waals surface area contributed by atoms with Gasteiger partial charge in [-0.25, -0.2) is 0 Å². The van der Waals surface area contributed by atoms with Gasteiger partial charge in [0.05, 0.1) is 11.8 Å². The molecule has 8 nitrogen and oxygen atoms in total. The summed E-state index contributed by atoms with van der Waals surface area (Å²) in [7, 11) is 0. The second kappa shape index (κ2) is 14.5. The second-order valence-electron chi connectivity index (χ2n) is 8.18. The number of rotatable bonds is 12. The van der Waals surface area contributed by atoms with Gasteiger partial charge in [-0.1, -0.05) is 48.5 Å². The van der Waals surface area contributed by atoms with E-state index in [1.807, 2.05) is 19.1 Å². The summed E-state index contributed by atoms with van der Waals surface area (Å²) < 4.78 is 33.8. The predicted octanol–water partition coefficient (Wildman–Crippen LogP) is 4.09. The van der Waals surface area contributed by atoms with Crippen LogP contribution >= 0.6 is 0 Å². The molecule has 5 N–H and O–H groups in total. The molecule has 0 spiro atoms. The van der Waals surface area contributed by atoms with Crippen LogP contribution in [0.2, 0.25) is 0 Å². The van der Waals surface area contributed by atoms with Gasteiger partial charge in [-0.2, -0.15) is 8.78 Å². The number of aromatic hydroxyl groups is 1. The van der Waals surface area contributed by atoms with Crippen molar-refractivity contribution >= 4 is 18.6 Å². The molecule has 1 amide bonds. The predicted molar refractivity (Wildman–Crippen MR) is 135 cm³/mol. The lowest BCUT2D eigenvalue weighted by molar-refractivity contribution is -0.122. The van der Waals surface area contributed by atoms with Crippen LogP contribution < -0.4 is 15.4 Å². The summed E-state index contributed by atoms with van der Waals surface area (Å²) in [6.45, 7) is 1.24. The lowest BCUT2D eigenvalue weighted by Crippen LogP contribution is -2.32. The highest BCUT2D eigenvalue weighted by atomic mass is 19.3. The highest BCUT2D eigenvalue weighted by Crippen LogP contribution is 2.29. The standard InChI is InChI=1S/C26H28F2N2O4.CH2O2/c1-18(29-15-25(33)20-9-12-24(32)23(14-20)30-17-31)13-19-7-10-22(11-8-19)34-16-26(27,28)21-5-3-2-4-6-21;2-1-3/h2-12,14,17-18,25,29,32-33H,13,15-16H2,1H3,(H,30,31);1H,(H,2,3). The van der Waals surface area contributed by atoms with Crippen LogP contribution in [0, 0.1) is 0 Å². The topological polar surface area (TPSA) is 128 Å². The third kappa shape index (κ3) is 9.51. The zero-order chi connectivity index (χ0) is 27.3. The first-order chi connectivity index (χ1) is 17.7. The molecule has 0 heterocycles. The number of anilines is 1. The molecular formula is C27H30F2N2O6. The number of hydrogen-bond acceptors (Lipinski definition) is 6. The van der Waals surface area contributed by atoms with Crippen molar-refractivity contribution < 1.29 is 38.4 Å². The Kier molecular flexibility index (Phi) is 11.5. The quantitative estimate of drug-likeness (QED) is 0.181. The Hall–Kier alpha value is -4.02. The molecule has 0 saturated carbocycles. The van der Waals surface area contributed by atoms with Gasteiger partial charge in [-0.15, -0.1) is 0 Å². The molecule has 2 unspecified atom stereocenters. The van der Waals surface area contributed by atoms with Gasteiger partial charge >= 0.3 is 5.92 Å². The molecular weight excluding hydrogens is 486 g/mol. The van der Waals surface area contributed by atoms with E-state index in [0.717, 1.165) is 5.56 Å². The van der Waals surface area contributed by atoms with Crippen LogP contribution in [-0.4, -0.2) is 47.4 Å². The van der Waals surface area contributed by atoms with Gasteiger partial charge in [0.1, 0.15) is 11.5 Å². The number of amides is 1.